The van der Waals surface area contributed by atoms with Crippen LogP contribution in [0.4, 0.5) is 0 Å². The monoisotopic (exact) mass is 242 g/mol. The van der Waals surface area contributed by atoms with E-state index < -0.39 is 38.3 Å². The topological polar surface area (TPSA) is 179 Å². The maximum atomic E-state index is 9.90. The van der Waals surface area contributed by atoms with Gasteiger partial charge < -0.3 is 45.4 Å². The van der Waals surface area contributed by atoms with E-state index in [1.165, 1.54) is 0 Å². The number of carbonyl (C=O) groups is 1. The van der Waals surface area contributed by atoms with Crippen LogP contribution in [0.5, 0.6) is 0 Å². The lowest BCUT2D eigenvalue weighted by molar-refractivity contribution is -0.136. The summed E-state index contributed by atoms with van der Waals surface area (Å²) >= 11 is 0. The van der Waals surface area contributed by atoms with Gasteiger partial charge in [0.1, 0.15) is 24.4 Å². The molecule has 0 amide bonds. The van der Waals surface area contributed by atoms with E-state index in [1.54, 1.807) is 0 Å². The molecule has 0 heterocycles. The minimum atomic E-state index is -2.17. The second-order valence-corrected chi connectivity index (χ2v) is 2.70. The summed E-state index contributed by atoms with van der Waals surface area (Å²) in [4.78, 5) is 9.90. The molecule has 4 atom stereocenters. The molecule has 0 spiro atoms. The molecule has 0 rings (SSSR count). The van der Waals surface area contributed by atoms with Crippen LogP contribution >= 0.6 is 0 Å². The van der Waals surface area contributed by atoms with E-state index in [0.29, 0.717) is 0 Å². The van der Waals surface area contributed by atoms with Crippen LogP contribution in [-0.2, 0) is 4.79 Å². The van der Waals surface area contributed by atoms with Gasteiger partial charge in [-0.2, -0.15) is 0 Å². The zero-order valence-electron chi connectivity index (χ0n) is 8.16. The molecule has 0 bridgehead atoms. The molecule has 10 heteroatoms. The summed E-state index contributed by atoms with van der Waals surface area (Å²) in [5.41, 5.74) is 0. The Morgan fingerprint density at radius 3 is 1.62 bits per heavy atom. The van der Waals surface area contributed by atoms with Crippen molar-refractivity contribution in [1.82, 2.24) is 0 Å². The summed E-state index contributed by atoms with van der Waals surface area (Å²) in [6.07, 6.45) is -6.84. The Morgan fingerprint density at radius 1 is 1.00 bits per heavy atom. The Labute approximate surface area is 91.0 Å². The quantitative estimate of drug-likeness (QED) is 0.172. The maximum absolute atomic E-state index is 9.90. The lowest BCUT2D eigenvalue weighted by atomic mass is 10.0. The molecule has 0 aromatic carbocycles. The predicted molar refractivity (Wildman–Crippen MR) is 49.6 cm³/mol. The highest BCUT2D eigenvalue weighted by Crippen LogP contribution is 2.02. The lowest BCUT2D eigenvalue weighted by Gasteiger charge is -2.22. The van der Waals surface area contributed by atoms with Gasteiger partial charge in [0.25, 0.3) is 0 Å². The molecule has 0 aromatic heterocycles. The van der Waals surface area contributed by atoms with Crippen LogP contribution in [0.2, 0.25) is 0 Å². The second kappa shape index (κ2) is 9.63. The van der Waals surface area contributed by atoms with Gasteiger partial charge in [0.2, 0.25) is 0 Å². The zero-order chi connectivity index (χ0) is 13.3. The van der Waals surface area contributed by atoms with Crippen molar-refractivity contribution < 1.29 is 45.4 Å². The highest BCUT2D eigenvalue weighted by atomic mass is 16.5. The first kappa shape index (κ1) is 17.8. The van der Waals surface area contributed by atoms with Crippen LogP contribution in [0, 0.1) is 0 Å². The standard InChI is InChI=1S/C6H12O6.BH3O3/c7-1-3(9)5(11)6(12)4(10)2-8;2-1(3)4/h1,3-6,8-12H,2H2;2-4H/t3-,4+,5+,6+;/m0./s1. The van der Waals surface area contributed by atoms with Gasteiger partial charge in [-0.25, -0.2) is 0 Å². The number of hydrogen-bond acceptors (Lipinski definition) is 9. The van der Waals surface area contributed by atoms with Crippen LogP contribution < -0.4 is 0 Å². The normalized spacial score (nSPS) is 17.5. The molecule has 9 nitrogen and oxygen atoms in total. The number of aliphatic hydroxyl groups is 5. The minimum absolute atomic E-state index is 0.0258. The van der Waals surface area contributed by atoms with E-state index in [4.69, 9.17) is 40.6 Å². The van der Waals surface area contributed by atoms with Crippen LogP contribution in [0.25, 0.3) is 0 Å². The summed E-state index contributed by atoms with van der Waals surface area (Å²) in [6.45, 7) is -0.760. The fourth-order valence-corrected chi connectivity index (χ4v) is 0.618. The molecule has 8 N–H and O–H groups in total. The third-order valence-electron chi connectivity index (χ3n) is 1.42. The molecule has 0 aliphatic carbocycles. The predicted octanol–water partition coefficient (Wildman–Crippen LogP) is -5.43. The third kappa shape index (κ3) is 8.70. The van der Waals surface area contributed by atoms with Crippen molar-refractivity contribution in [1.29, 1.82) is 0 Å². The summed E-state index contributed by atoms with van der Waals surface area (Å²) in [7, 11) is -2.17. The smallest absolute Gasteiger partial charge is 0.402 e. The van der Waals surface area contributed by atoms with Crippen molar-refractivity contribution in [2.45, 2.75) is 24.4 Å². The van der Waals surface area contributed by atoms with Crippen molar-refractivity contribution in [3.63, 3.8) is 0 Å². The molecular formula is C6H15BO9. The molecule has 0 fully saturated rings. The molecule has 0 saturated heterocycles. The van der Waals surface area contributed by atoms with E-state index >= 15 is 0 Å². The van der Waals surface area contributed by atoms with Crippen molar-refractivity contribution in [3.8, 4) is 0 Å². The second-order valence-electron chi connectivity index (χ2n) is 2.70. The molecule has 96 valence electrons. The Morgan fingerprint density at radius 2 is 1.38 bits per heavy atom. The fourth-order valence-electron chi connectivity index (χ4n) is 0.618. The Hall–Kier alpha value is -0.585. The summed E-state index contributed by atoms with van der Waals surface area (Å²) in [5, 5.41) is 65.0. The van der Waals surface area contributed by atoms with E-state index in [0.717, 1.165) is 0 Å². The van der Waals surface area contributed by atoms with Gasteiger partial charge in [-0.05, 0) is 0 Å². The van der Waals surface area contributed by atoms with Gasteiger partial charge in [0, 0.05) is 0 Å². The average Bonchev–Trinajstić information content (AvgIpc) is 2.24. The summed E-state index contributed by atoms with van der Waals surface area (Å²) < 4.78 is 0. The summed E-state index contributed by atoms with van der Waals surface area (Å²) in [5.74, 6) is 0. The van der Waals surface area contributed by atoms with Crippen molar-refractivity contribution >= 4 is 13.6 Å². The molecule has 0 aliphatic heterocycles. The van der Waals surface area contributed by atoms with E-state index in [9.17, 15) is 4.79 Å². The molecule has 0 aliphatic rings. The van der Waals surface area contributed by atoms with Gasteiger partial charge in [0.15, 0.2) is 6.29 Å². The maximum Gasteiger partial charge on any atom is 0.631 e. The highest BCUT2D eigenvalue weighted by Gasteiger charge is 2.29. The third-order valence-corrected chi connectivity index (χ3v) is 1.42. The first-order chi connectivity index (χ1) is 7.27. The van der Waals surface area contributed by atoms with Gasteiger partial charge >= 0.3 is 7.32 Å². The number of aliphatic hydroxyl groups excluding tert-OH is 5. The lowest BCUT2D eigenvalue weighted by Crippen LogP contribution is -2.46. The van der Waals surface area contributed by atoms with Crippen LogP contribution in [0.3, 0.4) is 0 Å². The molecule has 0 saturated carbocycles. The Bertz CT molecular complexity index is 175. The van der Waals surface area contributed by atoms with Crippen LogP contribution in [-0.4, -0.2) is 85.2 Å². The average molecular weight is 242 g/mol. The first-order valence-corrected chi connectivity index (χ1v) is 4.10. The molecular weight excluding hydrogens is 227 g/mol. The summed E-state index contributed by atoms with van der Waals surface area (Å²) in [6, 6.07) is 0. The van der Waals surface area contributed by atoms with E-state index in [2.05, 4.69) is 0 Å². The molecule has 0 aromatic rings. The van der Waals surface area contributed by atoms with Gasteiger partial charge in [0.05, 0.1) is 6.61 Å². The van der Waals surface area contributed by atoms with Gasteiger partial charge in [-0.1, -0.05) is 0 Å². The van der Waals surface area contributed by atoms with Crippen molar-refractivity contribution in [3.05, 3.63) is 0 Å². The van der Waals surface area contributed by atoms with Crippen LogP contribution in [0.1, 0.15) is 0 Å². The number of rotatable bonds is 5. The Balaban J connectivity index is 0. The fraction of sp³-hybridized carbons (Fsp3) is 0.833. The van der Waals surface area contributed by atoms with Crippen molar-refractivity contribution in [2.75, 3.05) is 6.61 Å². The zero-order valence-corrected chi connectivity index (χ0v) is 8.16. The number of carbonyl (C=O) groups excluding carboxylic acids is 1. The van der Waals surface area contributed by atoms with E-state index in [1.807, 2.05) is 0 Å². The minimum Gasteiger partial charge on any atom is -0.402 e. The Kier molecular flexibility index (Phi) is 10.7. The largest absolute Gasteiger partial charge is 0.631 e. The first-order valence-electron chi connectivity index (χ1n) is 4.10. The van der Waals surface area contributed by atoms with E-state index in [-0.39, 0.29) is 6.29 Å². The molecule has 0 radical (unpaired) electrons. The van der Waals surface area contributed by atoms with Crippen molar-refractivity contribution in [2.24, 2.45) is 0 Å². The number of aldehydes is 1. The van der Waals surface area contributed by atoms with Gasteiger partial charge in [-0.3, -0.25) is 0 Å². The molecule has 0 unspecified atom stereocenters. The van der Waals surface area contributed by atoms with Crippen LogP contribution in [0.15, 0.2) is 0 Å². The SMILES string of the molecule is O=C[C@H](O)[C@@H](O)[C@H](O)[C@H](O)CO.OB(O)O. The number of hydrogen-bond donors (Lipinski definition) is 8. The van der Waals surface area contributed by atoms with Gasteiger partial charge in [-0.15, -0.1) is 0 Å². The molecule has 16 heavy (non-hydrogen) atoms. The highest BCUT2D eigenvalue weighted by molar-refractivity contribution is 6.30.